The van der Waals surface area contributed by atoms with Crippen molar-refractivity contribution in [3.63, 3.8) is 0 Å². The fraction of sp³-hybridized carbons (Fsp3) is 0.778. The summed E-state index contributed by atoms with van der Waals surface area (Å²) in [7, 11) is 1.42. The van der Waals surface area contributed by atoms with Crippen molar-refractivity contribution in [3.05, 3.63) is 0 Å². The van der Waals surface area contributed by atoms with E-state index in [2.05, 4.69) is 10.6 Å². The molecule has 0 aromatic carbocycles. The third-order valence-corrected chi connectivity index (χ3v) is 5.32. The molecule has 0 saturated carbocycles. The molecule has 1 rings (SSSR count). The van der Waals surface area contributed by atoms with Gasteiger partial charge < -0.3 is 24.6 Å². The number of aliphatic hydroxyl groups is 1. The second-order valence-electron chi connectivity index (χ2n) is 6.38. The van der Waals surface area contributed by atoms with Crippen LogP contribution in [0, 0.1) is 0 Å². The van der Waals surface area contributed by atoms with Crippen molar-refractivity contribution in [1.29, 1.82) is 0 Å². The summed E-state index contributed by atoms with van der Waals surface area (Å²) in [6.07, 6.45) is 0.231. The number of esters is 1. The van der Waals surface area contributed by atoms with E-state index in [0.717, 1.165) is 0 Å². The van der Waals surface area contributed by atoms with E-state index in [9.17, 15) is 19.2 Å². The summed E-state index contributed by atoms with van der Waals surface area (Å²) < 4.78 is 15.6. The van der Waals surface area contributed by atoms with Gasteiger partial charge in [0.2, 0.25) is 17.7 Å². The van der Waals surface area contributed by atoms with E-state index in [1.165, 1.54) is 18.9 Å². The molecule has 1 fully saturated rings. The fourth-order valence-electron chi connectivity index (χ4n) is 2.42. The molecule has 1 saturated heterocycles. The number of aliphatic hydroxyl groups excluding tert-OH is 1. The molecule has 11 heteroatoms. The van der Waals surface area contributed by atoms with Gasteiger partial charge in [0.05, 0.1) is 18.0 Å². The van der Waals surface area contributed by atoms with E-state index in [0.29, 0.717) is 25.1 Å². The Balaban J connectivity index is 2.08. The number of nitrogens with one attached hydrogen (secondary N) is 2. The van der Waals surface area contributed by atoms with E-state index >= 15 is 0 Å². The lowest BCUT2D eigenvalue weighted by molar-refractivity contribution is -0.194. The van der Waals surface area contributed by atoms with Crippen molar-refractivity contribution in [2.75, 3.05) is 32.6 Å². The second kappa shape index (κ2) is 14.3. The minimum Gasteiger partial charge on any atom is -0.460 e. The Morgan fingerprint density at radius 3 is 2.69 bits per heavy atom. The van der Waals surface area contributed by atoms with Crippen molar-refractivity contribution in [2.24, 2.45) is 0 Å². The number of carbonyl (C=O) groups is 4. The average molecular weight is 435 g/mol. The summed E-state index contributed by atoms with van der Waals surface area (Å²) >= 11 is 1.32. The molecule has 0 aromatic heterocycles. The van der Waals surface area contributed by atoms with Crippen LogP contribution in [0.1, 0.15) is 39.0 Å². The molecule has 1 aliphatic heterocycles. The number of ether oxygens (including phenoxy) is 3. The molecule has 0 aliphatic carbocycles. The highest BCUT2D eigenvalue weighted by Crippen LogP contribution is 2.18. The van der Waals surface area contributed by atoms with Crippen LogP contribution in [0.3, 0.4) is 0 Å². The number of carbonyl (C=O) groups excluding carboxylic acids is 4. The number of hydrogen-bond donors (Lipinski definition) is 3. The summed E-state index contributed by atoms with van der Waals surface area (Å²) in [5, 5.41) is 13.7. The number of rotatable bonds is 15. The number of amides is 3. The number of hydrogen-bond acceptors (Lipinski definition) is 9. The number of methoxy groups -OCH3 is 1. The maximum absolute atomic E-state index is 11.8. The largest absolute Gasteiger partial charge is 0.460 e. The Morgan fingerprint density at radius 2 is 2.10 bits per heavy atom. The van der Waals surface area contributed by atoms with Gasteiger partial charge in [0.1, 0.15) is 6.61 Å². The first-order valence-electron chi connectivity index (χ1n) is 9.56. The van der Waals surface area contributed by atoms with E-state index in [1.807, 2.05) is 6.92 Å². The standard InChI is InChI=1S/C18H30N2O8S/c1-3-12(10-21)28-17(26-2)11-27-16(24)6-4-5-14(22)19-7-8-29-13-9-15(23)20-18(13)25/h12-13,17,21H,3-11H2,1-2H3,(H,19,22)(H,20,23,25). The zero-order chi connectivity index (χ0) is 21.6. The Kier molecular flexibility index (Phi) is 12.5. The van der Waals surface area contributed by atoms with Gasteiger partial charge in [0, 0.05) is 38.7 Å². The number of imide groups is 1. The Morgan fingerprint density at radius 1 is 1.34 bits per heavy atom. The first kappa shape index (κ1) is 25.3. The first-order valence-corrected chi connectivity index (χ1v) is 10.6. The van der Waals surface area contributed by atoms with Gasteiger partial charge in [0.25, 0.3) is 0 Å². The molecular weight excluding hydrogens is 404 g/mol. The second-order valence-corrected chi connectivity index (χ2v) is 7.69. The van der Waals surface area contributed by atoms with Gasteiger partial charge in [-0.1, -0.05) is 6.92 Å². The summed E-state index contributed by atoms with van der Waals surface area (Å²) in [4.78, 5) is 46.0. The fourth-order valence-corrected chi connectivity index (χ4v) is 3.40. The van der Waals surface area contributed by atoms with Crippen LogP contribution in [0.5, 0.6) is 0 Å². The molecule has 3 N–H and O–H groups in total. The lowest BCUT2D eigenvalue weighted by atomic mass is 10.2. The molecule has 29 heavy (non-hydrogen) atoms. The van der Waals surface area contributed by atoms with Gasteiger partial charge in [-0.15, -0.1) is 11.8 Å². The molecule has 1 heterocycles. The topological polar surface area (TPSA) is 140 Å². The highest BCUT2D eigenvalue weighted by Gasteiger charge is 2.30. The van der Waals surface area contributed by atoms with E-state index < -0.39 is 12.3 Å². The van der Waals surface area contributed by atoms with Crippen LogP contribution in [0.15, 0.2) is 0 Å². The third-order valence-electron chi connectivity index (χ3n) is 4.10. The monoisotopic (exact) mass is 434 g/mol. The highest BCUT2D eigenvalue weighted by atomic mass is 32.2. The lowest BCUT2D eigenvalue weighted by Crippen LogP contribution is -2.30. The maximum atomic E-state index is 11.8. The molecule has 166 valence electrons. The van der Waals surface area contributed by atoms with E-state index in [-0.39, 0.29) is 61.6 Å². The van der Waals surface area contributed by atoms with Crippen molar-refractivity contribution >= 4 is 35.5 Å². The Bertz CT molecular complexity index is 556. The van der Waals surface area contributed by atoms with Crippen LogP contribution in [-0.2, 0) is 33.4 Å². The van der Waals surface area contributed by atoms with Crippen LogP contribution in [0.2, 0.25) is 0 Å². The molecule has 0 spiro atoms. The summed E-state index contributed by atoms with van der Waals surface area (Å²) in [5.41, 5.74) is 0. The van der Waals surface area contributed by atoms with Crippen LogP contribution in [-0.4, -0.2) is 79.1 Å². The minimum atomic E-state index is -0.755. The first-order chi connectivity index (χ1) is 13.9. The smallest absolute Gasteiger partial charge is 0.305 e. The summed E-state index contributed by atoms with van der Waals surface area (Å²) in [6, 6.07) is 0. The van der Waals surface area contributed by atoms with Crippen LogP contribution < -0.4 is 10.6 Å². The average Bonchev–Trinajstić information content (AvgIpc) is 3.02. The third kappa shape index (κ3) is 10.6. The Hall–Kier alpha value is -1.69. The minimum absolute atomic E-state index is 0.0835. The van der Waals surface area contributed by atoms with Gasteiger partial charge in [-0.3, -0.25) is 24.5 Å². The van der Waals surface area contributed by atoms with Crippen LogP contribution in [0.4, 0.5) is 0 Å². The van der Waals surface area contributed by atoms with Gasteiger partial charge >= 0.3 is 5.97 Å². The lowest BCUT2D eigenvalue weighted by Gasteiger charge is -2.21. The van der Waals surface area contributed by atoms with Crippen molar-refractivity contribution in [2.45, 2.75) is 56.7 Å². The quantitative estimate of drug-likeness (QED) is 0.137. The highest BCUT2D eigenvalue weighted by molar-refractivity contribution is 8.00. The van der Waals surface area contributed by atoms with Gasteiger partial charge in [-0.2, -0.15) is 0 Å². The van der Waals surface area contributed by atoms with Gasteiger partial charge in [-0.05, 0) is 12.8 Å². The predicted octanol–water partition coefficient (Wildman–Crippen LogP) is -0.276. The molecule has 3 unspecified atom stereocenters. The molecule has 0 radical (unpaired) electrons. The Labute approximate surface area is 174 Å². The maximum Gasteiger partial charge on any atom is 0.305 e. The predicted molar refractivity (Wildman–Crippen MR) is 105 cm³/mol. The zero-order valence-corrected chi connectivity index (χ0v) is 17.6. The SMILES string of the molecule is CCC(CO)OC(COC(=O)CCCC(=O)NCCSC1CC(=O)NC1=O)OC. The summed E-state index contributed by atoms with van der Waals surface area (Å²) in [6.45, 7) is 1.99. The van der Waals surface area contributed by atoms with Crippen molar-refractivity contribution < 1.29 is 38.5 Å². The zero-order valence-electron chi connectivity index (χ0n) is 16.8. The van der Waals surface area contributed by atoms with Crippen molar-refractivity contribution in [3.8, 4) is 0 Å². The number of thioether (sulfide) groups is 1. The van der Waals surface area contributed by atoms with E-state index in [1.54, 1.807) is 0 Å². The molecule has 0 aromatic rings. The molecule has 10 nitrogen and oxygen atoms in total. The van der Waals surface area contributed by atoms with Crippen molar-refractivity contribution in [1.82, 2.24) is 10.6 Å². The molecular formula is C18H30N2O8S. The van der Waals surface area contributed by atoms with Crippen LogP contribution in [0.25, 0.3) is 0 Å². The van der Waals surface area contributed by atoms with Crippen LogP contribution >= 0.6 is 11.8 Å². The molecule has 3 amide bonds. The van der Waals surface area contributed by atoms with Gasteiger partial charge in [-0.25, -0.2) is 0 Å². The molecule has 1 aliphatic rings. The van der Waals surface area contributed by atoms with Gasteiger partial charge in [0.15, 0.2) is 6.29 Å². The molecule has 0 bridgehead atoms. The summed E-state index contributed by atoms with van der Waals surface area (Å²) in [5.74, 6) is -0.701. The normalized spacial score (nSPS) is 18.2. The molecule has 3 atom stereocenters. The van der Waals surface area contributed by atoms with E-state index in [4.69, 9.17) is 19.3 Å².